The number of aromatic amines is 2. The minimum Gasteiger partial charge on any atom is -0.335 e. The minimum atomic E-state index is 0.636. The number of fused-ring (bicyclic) bond motifs is 2. The van der Waals surface area contributed by atoms with Crippen LogP contribution in [0.25, 0.3) is 56.1 Å². The van der Waals surface area contributed by atoms with Crippen LogP contribution in [0.2, 0.25) is 0 Å². The highest BCUT2D eigenvalue weighted by molar-refractivity contribution is 7.08. The van der Waals surface area contributed by atoms with Crippen LogP contribution < -0.4 is 0 Å². The SMILES string of the molecule is c1cncc(-c2ccc3[nH]nc(-c4nc5nccc(-c6ccsc6)c5[nH]4)c3n2)c1. The molecule has 0 aliphatic carbocycles. The van der Waals surface area contributed by atoms with Crippen molar-refractivity contribution in [3.05, 3.63) is 65.7 Å². The van der Waals surface area contributed by atoms with Crippen molar-refractivity contribution in [2.75, 3.05) is 0 Å². The maximum absolute atomic E-state index is 4.81. The Labute approximate surface area is 168 Å². The van der Waals surface area contributed by atoms with Gasteiger partial charge in [-0.1, -0.05) is 0 Å². The van der Waals surface area contributed by atoms with Crippen LogP contribution in [0.3, 0.4) is 0 Å². The van der Waals surface area contributed by atoms with Crippen LogP contribution in [0.4, 0.5) is 0 Å². The number of imidazole rings is 1. The molecule has 6 aromatic rings. The average Bonchev–Trinajstić information content (AvgIpc) is 3.52. The smallest absolute Gasteiger partial charge is 0.178 e. The molecule has 0 bridgehead atoms. The molecular weight excluding hydrogens is 382 g/mol. The van der Waals surface area contributed by atoms with Crippen LogP contribution in [-0.2, 0) is 0 Å². The Hall–Kier alpha value is -3.91. The molecule has 29 heavy (non-hydrogen) atoms. The summed E-state index contributed by atoms with van der Waals surface area (Å²) in [6.45, 7) is 0. The van der Waals surface area contributed by atoms with Gasteiger partial charge in [0.05, 0.1) is 16.7 Å². The van der Waals surface area contributed by atoms with Gasteiger partial charge in [0, 0.05) is 29.7 Å². The summed E-state index contributed by atoms with van der Waals surface area (Å²) in [4.78, 5) is 21.5. The molecule has 0 aliphatic heterocycles. The van der Waals surface area contributed by atoms with Crippen LogP contribution in [0, 0.1) is 0 Å². The lowest BCUT2D eigenvalue weighted by Crippen LogP contribution is -1.87. The summed E-state index contributed by atoms with van der Waals surface area (Å²) in [5.74, 6) is 0.636. The van der Waals surface area contributed by atoms with E-state index in [9.17, 15) is 0 Å². The van der Waals surface area contributed by atoms with E-state index in [2.05, 4.69) is 47.0 Å². The quantitative estimate of drug-likeness (QED) is 0.453. The normalized spacial score (nSPS) is 11.4. The van der Waals surface area contributed by atoms with Crippen LogP contribution in [-0.4, -0.2) is 35.1 Å². The molecule has 2 N–H and O–H groups in total. The molecule has 0 radical (unpaired) electrons. The summed E-state index contributed by atoms with van der Waals surface area (Å²) in [5, 5.41) is 11.7. The number of hydrogen-bond acceptors (Lipinski definition) is 6. The van der Waals surface area contributed by atoms with Crippen molar-refractivity contribution >= 4 is 33.5 Å². The predicted molar refractivity (Wildman–Crippen MR) is 113 cm³/mol. The van der Waals surface area contributed by atoms with Crippen LogP contribution in [0.15, 0.2) is 65.7 Å². The molecule has 6 rings (SSSR count). The highest BCUT2D eigenvalue weighted by atomic mass is 32.1. The predicted octanol–water partition coefficient (Wildman–Crippen LogP) is 4.69. The summed E-state index contributed by atoms with van der Waals surface area (Å²) in [7, 11) is 0. The Morgan fingerprint density at radius 2 is 1.93 bits per heavy atom. The van der Waals surface area contributed by atoms with E-state index in [1.54, 1.807) is 29.9 Å². The van der Waals surface area contributed by atoms with E-state index in [4.69, 9.17) is 4.98 Å². The van der Waals surface area contributed by atoms with Gasteiger partial charge in [0.15, 0.2) is 17.2 Å². The van der Waals surface area contributed by atoms with Crippen molar-refractivity contribution in [3.8, 4) is 33.9 Å². The Bertz CT molecular complexity index is 1450. The molecule has 0 aromatic carbocycles. The standard InChI is InChI=1S/C21H13N7S/c1-2-12(10-22-7-1)15-3-4-16-18(24-15)19(28-27-16)21-25-17-14(13-6-9-29-11-13)5-8-23-20(17)26-21/h1-11H,(H,27,28)(H,23,25,26). The van der Waals surface area contributed by atoms with Crippen molar-refractivity contribution in [1.29, 1.82) is 0 Å². The van der Waals surface area contributed by atoms with Gasteiger partial charge >= 0.3 is 0 Å². The van der Waals surface area contributed by atoms with E-state index in [0.29, 0.717) is 17.2 Å². The fourth-order valence-corrected chi connectivity index (χ4v) is 4.08. The Morgan fingerprint density at radius 3 is 2.79 bits per heavy atom. The zero-order valence-corrected chi connectivity index (χ0v) is 15.8. The fraction of sp³-hybridized carbons (Fsp3) is 0. The molecule has 0 aliphatic rings. The first-order chi connectivity index (χ1) is 14.4. The molecule has 0 saturated carbocycles. The van der Waals surface area contributed by atoms with Crippen LogP contribution in [0.5, 0.6) is 0 Å². The van der Waals surface area contributed by atoms with Gasteiger partial charge in [0.2, 0.25) is 0 Å². The second-order valence-corrected chi connectivity index (χ2v) is 7.34. The molecule has 8 heteroatoms. The van der Waals surface area contributed by atoms with E-state index in [1.807, 2.05) is 30.3 Å². The third kappa shape index (κ3) is 2.61. The van der Waals surface area contributed by atoms with Crippen LogP contribution in [0.1, 0.15) is 0 Å². The van der Waals surface area contributed by atoms with E-state index < -0.39 is 0 Å². The lowest BCUT2D eigenvalue weighted by Gasteiger charge is -2.00. The number of H-pyrrole nitrogens is 2. The van der Waals surface area contributed by atoms with Crippen molar-refractivity contribution in [1.82, 2.24) is 35.1 Å². The van der Waals surface area contributed by atoms with Gasteiger partial charge in [-0.15, -0.1) is 0 Å². The molecular formula is C21H13N7S. The maximum Gasteiger partial charge on any atom is 0.178 e. The van der Waals surface area contributed by atoms with Gasteiger partial charge in [-0.3, -0.25) is 10.1 Å². The number of nitrogens with zero attached hydrogens (tertiary/aromatic N) is 5. The number of pyridine rings is 3. The van der Waals surface area contributed by atoms with Crippen molar-refractivity contribution in [2.45, 2.75) is 0 Å². The minimum absolute atomic E-state index is 0.636. The lowest BCUT2D eigenvalue weighted by molar-refractivity contribution is 1.10. The van der Waals surface area contributed by atoms with Crippen molar-refractivity contribution in [2.24, 2.45) is 0 Å². The summed E-state index contributed by atoms with van der Waals surface area (Å²) < 4.78 is 0. The Balaban J connectivity index is 1.53. The van der Waals surface area contributed by atoms with E-state index >= 15 is 0 Å². The average molecular weight is 395 g/mol. The molecule has 7 nitrogen and oxygen atoms in total. The molecule has 0 spiro atoms. The fourth-order valence-electron chi connectivity index (χ4n) is 3.42. The summed E-state index contributed by atoms with van der Waals surface area (Å²) in [5.41, 5.74) is 7.81. The van der Waals surface area contributed by atoms with E-state index in [-0.39, 0.29) is 0 Å². The van der Waals surface area contributed by atoms with E-state index in [1.165, 1.54) is 0 Å². The monoisotopic (exact) mass is 395 g/mol. The topological polar surface area (TPSA) is 96.0 Å². The third-order valence-electron chi connectivity index (χ3n) is 4.81. The zero-order valence-electron chi connectivity index (χ0n) is 15.0. The zero-order chi connectivity index (χ0) is 19.2. The second kappa shape index (κ2) is 6.32. The van der Waals surface area contributed by atoms with Crippen LogP contribution >= 0.6 is 11.3 Å². The third-order valence-corrected chi connectivity index (χ3v) is 5.50. The Morgan fingerprint density at radius 1 is 0.931 bits per heavy atom. The number of aromatic nitrogens is 7. The van der Waals surface area contributed by atoms with E-state index in [0.717, 1.165) is 38.9 Å². The number of hydrogen-bond donors (Lipinski definition) is 2. The first-order valence-electron chi connectivity index (χ1n) is 9.00. The van der Waals surface area contributed by atoms with Gasteiger partial charge in [0.25, 0.3) is 0 Å². The van der Waals surface area contributed by atoms with Gasteiger partial charge < -0.3 is 4.98 Å². The molecule has 0 amide bonds. The highest BCUT2D eigenvalue weighted by Crippen LogP contribution is 2.31. The molecule has 0 atom stereocenters. The number of rotatable bonds is 3. The first kappa shape index (κ1) is 16.1. The van der Waals surface area contributed by atoms with Gasteiger partial charge in [-0.25, -0.2) is 15.0 Å². The number of thiophene rings is 1. The molecule has 0 fully saturated rings. The van der Waals surface area contributed by atoms with Crippen molar-refractivity contribution in [3.63, 3.8) is 0 Å². The first-order valence-corrected chi connectivity index (χ1v) is 9.94. The second-order valence-electron chi connectivity index (χ2n) is 6.56. The summed E-state index contributed by atoms with van der Waals surface area (Å²) >= 11 is 1.66. The lowest BCUT2D eigenvalue weighted by atomic mass is 10.1. The number of nitrogens with one attached hydrogen (secondary N) is 2. The van der Waals surface area contributed by atoms with Gasteiger partial charge in [-0.2, -0.15) is 16.4 Å². The van der Waals surface area contributed by atoms with Crippen molar-refractivity contribution < 1.29 is 0 Å². The largest absolute Gasteiger partial charge is 0.335 e. The maximum atomic E-state index is 4.81. The molecule has 0 unspecified atom stereocenters. The molecule has 6 heterocycles. The summed E-state index contributed by atoms with van der Waals surface area (Å²) in [6, 6.07) is 11.9. The highest BCUT2D eigenvalue weighted by Gasteiger charge is 2.17. The molecule has 6 aromatic heterocycles. The molecule has 138 valence electrons. The Kier molecular flexibility index (Phi) is 3.50. The summed E-state index contributed by atoms with van der Waals surface area (Å²) in [6.07, 6.45) is 5.32. The molecule has 0 saturated heterocycles. The van der Waals surface area contributed by atoms with Gasteiger partial charge in [-0.05, 0) is 52.7 Å². The van der Waals surface area contributed by atoms with Gasteiger partial charge in [0.1, 0.15) is 5.52 Å².